The predicted octanol–water partition coefficient (Wildman–Crippen LogP) is -0.622. The molecule has 0 N–H and O–H groups in total. The number of ether oxygens (including phenoxy) is 1. The Morgan fingerprint density at radius 2 is 2.07 bits per heavy atom. The van der Waals surface area contributed by atoms with Crippen molar-refractivity contribution in [2.24, 2.45) is 0 Å². The van der Waals surface area contributed by atoms with Crippen LogP contribution in [0.1, 0.15) is 12.8 Å². The predicted molar refractivity (Wildman–Crippen MR) is 51.7 cm³/mol. The van der Waals surface area contributed by atoms with Crippen molar-refractivity contribution in [3.63, 3.8) is 0 Å². The minimum Gasteiger partial charge on any atom is -1.00 e. The van der Waals surface area contributed by atoms with Crippen LogP contribution in [0.25, 0.3) is 0 Å². The number of alkyl halides is 1. The van der Waals surface area contributed by atoms with Crippen molar-refractivity contribution in [3.8, 4) is 5.75 Å². The molecule has 1 aromatic rings. The largest absolute Gasteiger partial charge is 2.00 e. The van der Waals surface area contributed by atoms with Gasteiger partial charge in [-0.25, -0.2) is 4.39 Å². The van der Waals surface area contributed by atoms with Gasteiger partial charge in [0.2, 0.25) is 0 Å². The molecule has 0 aliphatic heterocycles. The van der Waals surface area contributed by atoms with Gasteiger partial charge in [0.25, 0.3) is 0 Å². The summed E-state index contributed by atoms with van der Waals surface area (Å²) in [5, 5.41) is 0. The molecule has 0 bridgehead atoms. The molecule has 15 heavy (non-hydrogen) atoms. The van der Waals surface area contributed by atoms with Crippen LogP contribution in [0.5, 0.6) is 5.75 Å². The van der Waals surface area contributed by atoms with Crippen LogP contribution in [0.4, 0.5) is 8.78 Å². The van der Waals surface area contributed by atoms with Gasteiger partial charge in [0.15, 0.2) is 0 Å². The Balaban J connectivity index is 0. The molecule has 0 spiro atoms. The third-order valence-electron chi connectivity index (χ3n) is 1.52. The number of benzene rings is 1. The van der Waals surface area contributed by atoms with Crippen LogP contribution >= 0.6 is 0 Å². The maximum absolute atomic E-state index is 12.6. The first kappa shape index (κ1) is 17.5. The molecule has 0 heterocycles. The van der Waals surface area contributed by atoms with E-state index in [1.165, 1.54) is 18.2 Å². The Hall–Kier alpha value is 0.126. The van der Waals surface area contributed by atoms with E-state index >= 15 is 0 Å². The van der Waals surface area contributed by atoms with Gasteiger partial charge in [0.05, 0.1) is 13.3 Å². The summed E-state index contributed by atoms with van der Waals surface area (Å²) in [5.41, 5.74) is 0. The maximum atomic E-state index is 12.6. The van der Waals surface area contributed by atoms with Gasteiger partial charge in [-0.3, -0.25) is 4.39 Å². The Morgan fingerprint density at radius 1 is 1.33 bits per heavy atom. The molecule has 0 aromatic heterocycles. The summed E-state index contributed by atoms with van der Waals surface area (Å²) in [6.45, 7) is 0.0695. The Morgan fingerprint density at radius 3 is 2.67 bits per heavy atom. The fourth-order valence-electron chi connectivity index (χ4n) is 0.880. The van der Waals surface area contributed by atoms with Crippen LogP contribution in [0.2, 0.25) is 0 Å². The van der Waals surface area contributed by atoms with Crippen LogP contribution < -0.4 is 21.7 Å². The molecule has 0 atom stereocenters. The summed E-state index contributed by atoms with van der Waals surface area (Å²) in [4.78, 5) is 0. The molecule has 0 fully saturated rings. The molecule has 0 aliphatic carbocycles. The second-order valence-corrected chi connectivity index (χ2v) is 2.62. The zero-order valence-corrected chi connectivity index (χ0v) is 11.3. The molecular weight excluding hydrogens is 278 g/mol. The average Bonchev–Trinajstić information content (AvgIpc) is 2.13. The minimum absolute atomic E-state index is 0. The second-order valence-electron chi connectivity index (χ2n) is 2.62. The topological polar surface area (TPSA) is 9.23 Å². The summed E-state index contributed by atoms with van der Waals surface area (Å²) < 4.78 is 29.4. The second kappa shape index (κ2) is 10.6. The van der Waals surface area contributed by atoms with Crippen LogP contribution in [-0.4, -0.2) is 36.3 Å². The fraction of sp³-hybridized carbons (Fsp3) is 0.400. The van der Waals surface area contributed by atoms with Crippen molar-refractivity contribution in [2.45, 2.75) is 12.8 Å². The van der Waals surface area contributed by atoms with E-state index in [9.17, 15) is 8.78 Å². The summed E-state index contributed by atoms with van der Waals surface area (Å²) in [6.07, 6.45) is 1.12. The number of halogens is 3. The molecule has 80 valence electrons. The van der Waals surface area contributed by atoms with Crippen molar-refractivity contribution in [1.29, 1.82) is 0 Å². The van der Waals surface area contributed by atoms with Gasteiger partial charge in [0, 0.05) is 11.6 Å². The van der Waals surface area contributed by atoms with E-state index in [2.05, 4.69) is 6.07 Å². The normalized spacial score (nSPS) is 8.67. The van der Waals surface area contributed by atoms with E-state index < -0.39 is 0 Å². The molecule has 0 saturated carbocycles. The van der Waals surface area contributed by atoms with Gasteiger partial charge < -0.3 is 21.7 Å². The first-order valence-corrected chi connectivity index (χ1v) is 4.19. The van der Waals surface area contributed by atoms with Crippen molar-refractivity contribution in [2.75, 3.05) is 13.3 Å². The zero-order valence-electron chi connectivity index (χ0n) is 8.31. The first-order valence-electron chi connectivity index (χ1n) is 4.19. The minimum atomic E-state index is -0.348. The standard InChI is InChI=1S/C10H11F2O.BrH.Mg/c11-6-1-2-7-13-10-5-3-4-9(12)8-10;;/h3-4,8H,1-2,6-7H2;1H;/q-1;;+2/p-1. The van der Waals surface area contributed by atoms with Crippen LogP contribution in [0.15, 0.2) is 18.2 Å². The molecule has 1 rings (SSSR count). The molecule has 0 amide bonds. The van der Waals surface area contributed by atoms with E-state index in [1.807, 2.05) is 0 Å². The quantitative estimate of drug-likeness (QED) is 0.399. The maximum Gasteiger partial charge on any atom is 2.00 e. The van der Waals surface area contributed by atoms with Crippen molar-refractivity contribution >= 4 is 23.1 Å². The molecule has 1 aromatic carbocycles. The molecule has 0 aliphatic rings. The molecular formula is C10H11BrF2MgO. The average molecular weight is 289 g/mol. The summed E-state index contributed by atoms with van der Waals surface area (Å²) in [7, 11) is 0. The van der Waals surface area contributed by atoms with Gasteiger partial charge in [0.1, 0.15) is 0 Å². The van der Waals surface area contributed by atoms with Crippen molar-refractivity contribution < 1.29 is 30.5 Å². The van der Waals surface area contributed by atoms with Crippen molar-refractivity contribution in [3.05, 3.63) is 30.1 Å². The van der Waals surface area contributed by atoms with E-state index in [4.69, 9.17) is 4.74 Å². The van der Waals surface area contributed by atoms with Gasteiger partial charge in [-0.2, -0.15) is 6.07 Å². The van der Waals surface area contributed by atoms with E-state index in [0.717, 1.165) is 0 Å². The molecule has 0 saturated heterocycles. The van der Waals surface area contributed by atoms with E-state index in [-0.39, 0.29) is 52.5 Å². The summed E-state index contributed by atoms with van der Waals surface area (Å²) in [6, 6.07) is 6.75. The van der Waals surface area contributed by atoms with Gasteiger partial charge >= 0.3 is 23.1 Å². The zero-order chi connectivity index (χ0) is 9.52. The van der Waals surface area contributed by atoms with Crippen LogP contribution in [-0.2, 0) is 0 Å². The fourth-order valence-corrected chi connectivity index (χ4v) is 0.880. The molecule has 1 nitrogen and oxygen atoms in total. The third-order valence-corrected chi connectivity index (χ3v) is 1.52. The number of hydrogen-bond acceptors (Lipinski definition) is 1. The van der Waals surface area contributed by atoms with E-state index in [1.54, 1.807) is 0 Å². The third kappa shape index (κ3) is 7.99. The number of hydrogen-bond donors (Lipinski definition) is 0. The Labute approximate surface area is 115 Å². The van der Waals surface area contributed by atoms with Crippen LogP contribution in [0, 0.1) is 11.9 Å². The molecule has 0 unspecified atom stereocenters. The van der Waals surface area contributed by atoms with Gasteiger partial charge in [-0.1, -0.05) is 6.07 Å². The van der Waals surface area contributed by atoms with E-state index in [0.29, 0.717) is 25.2 Å². The van der Waals surface area contributed by atoms with Crippen LogP contribution in [0.3, 0.4) is 0 Å². The monoisotopic (exact) mass is 288 g/mol. The number of unbranched alkanes of at least 4 members (excludes halogenated alkanes) is 1. The smallest absolute Gasteiger partial charge is 1.00 e. The SMILES string of the molecule is FCCCCOc1[c-]ccc(F)c1.[Br-].[Mg+2]. The number of rotatable bonds is 5. The molecule has 5 heteroatoms. The van der Waals surface area contributed by atoms with Crippen molar-refractivity contribution in [1.82, 2.24) is 0 Å². The summed E-state index contributed by atoms with van der Waals surface area (Å²) in [5.74, 6) is 0.0260. The first-order chi connectivity index (χ1) is 6.33. The van der Waals surface area contributed by atoms with Gasteiger partial charge in [-0.05, 0) is 12.8 Å². The Kier molecular flexibility index (Phi) is 12.4. The molecule has 0 radical (unpaired) electrons. The Bertz CT molecular complexity index is 261. The summed E-state index contributed by atoms with van der Waals surface area (Å²) >= 11 is 0. The van der Waals surface area contributed by atoms with Gasteiger partial charge in [-0.15, -0.1) is 12.1 Å².